The summed E-state index contributed by atoms with van der Waals surface area (Å²) in [5, 5.41) is 6.89. The van der Waals surface area contributed by atoms with Gasteiger partial charge in [-0.15, -0.1) is 0 Å². The van der Waals surface area contributed by atoms with Crippen LogP contribution in [0.1, 0.15) is 37.4 Å². The number of fused-ring (bicyclic) bond motifs is 2. The monoisotopic (exact) mass is 392 g/mol. The van der Waals surface area contributed by atoms with E-state index in [2.05, 4.69) is 35.5 Å². The number of aliphatic imine (C=N–C) groups is 1. The number of benzene rings is 2. The van der Waals surface area contributed by atoms with Gasteiger partial charge in [-0.3, -0.25) is 9.79 Å². The Bertz CT molecular complexity index is 938. The third-order valence-electron chi connectivity index (χ3n) is 5.46. The summed E-state index contributed by atoms with van der Waals surface area (Å²) < 4.78 is 6.11. The maximum atomic E-state index is 12.3. The van der Waals surface area contributed by atoms with E-state index in [0.717, 1.165) is 34.9 Å². The second-order valence-electron chi connectivity index (χ2n) is 8.15. The van der Waals surface area contributed by atoms with Crippen molar-refractivity contribution in [3.05, 3.63) is 59.7 Å². The molecule has 0 saturated carbocycles. The third-order valence-corrected chi connectivity index (χ3v) is 5.46. The molecular weight excluding hydrogens is 364 g/mol. The molecule has 6 nitrogen and oxygen atoms in total. The normalized spacial score (nSPS) is 20.0. The number of carbonyl (C=O) groups is 1. The number of hydrogen-bond donors (Lipinski definition) is 2. The Morgan fingerprint density at radius 1 is 1.21 bits per heavy atom. The number of nitrogens with one attached hydrogen (secondary N) is 2. The first-order chi connectivity index (χ1) is 14.0. The zero-order valence-electron chi connectivity index (χ0n) is 17.2. The maximum Gasteiger partial charge on any atom is 0.231 e. The van der Waals surface area contributed by atoms with Crippen molar-refractivity contribution in [2.24, 2.45) is 4.99 Å². The molecular formula is C23H28N4O2. The van der Waals surface area contributed by atoms with Crippen molar-refractivity contribution >= 4 is 17.6 Å². The standard InChI is InChI=1S/C23H28N4O2/c1-23(2)15-18(17-9-5-7-11-20(17)29-23)26-22(24-3)25-12-13-27-19-10-6-4-8-16(19)14-21(27)28/h4-11,18H,12-15H2,1-3H3,(H2,24,25,26). The van der Waals surface area contributed by atoms with Gasteiger partial charge < -0.3 is 20.3 Å². The van der Waals surface area contributed by atoms with Gasteiger partial charge in [0.25, 0.3) is 0 Å². The van der Waals surface area contributed by atoms with Crippen molar-refractivity contribution in [1.82, 2.24) is 10.6 Å². The van der Waals surface area contributed by atoms with Gasteiger partial charge in [-0.2, -0.15) is 0 Å². The topological polar surface area (TPSA) is 66.0 Å². The lowest BCUT2D eigenvalue weighted by atomic mass is 9.90. The molecule has 2 heterocycles. The van der Waals surface area contributed by atoms with E-state index in [9.17, 15) is 4.79 Å². The smallest absolute Gasteiger partial charge is 0.231 e. The van der Waals surface area contributed by atoms with Crippen LogP contribution in [0.25, 0.3) is 0 Å². The van der Waals surface area contributed by atoms with Crippen molar-refractivity contribution < 1.29 is 9.53 Å². The first-order valence-corrected chi connectivity index (χ1v) is 10.1. The molecule has 152 valence electrons. The fourth-order valence-electron chi connectivity index (χ4n) is 4.14. The minimum absolute atomic E-state index is 0.107. The van der Waals surface area contributed by atoms with Crippen LogP contribution in [0.15, 0.2) is 53.5 Å². The molecule has 0 bridgehead atoms. The summed E-state index contributed by atoms with van der Waals surface area (Å²) in [5.41, 5.74) is 3.00. The molecule has 1 atom stereocenters. The van der Waals surface area contributed by atoms with Gasteiger partial charge in [-0.25, -0.2) is 0 Å². The van der Waals surface area contributed by atoms with E-state index in [-0.39, 0.29) is 17.6 Å². The summed E-state index contributed by atoms with van der Waals surface area (Å²) in [6, 6.07) is 16.2. The van der Waals surface area contributed by atoms with E-state index < -0.39 is 0 Å². The number of rotatable bonds is 4. The number of amides is 1. The van der Waals surface area contributed by atoms with E-state index in [1.165, 1.54) is 0 Å². The molecule has 2 aliphatic heterocycles. The highest BCUT2D eigenvalue weighted by Gasteiger charge is 2.34. The van der Waals surface area contributed by atoms with Crippen molar-refractivity contribution in [3.63, 3.8) is 0 Å². The number of carbonyl (C=O) groups excluding carboxylic acids is 1. The molecule has 0 saturated heterocycles. The average molecular weight is 393 g/mol. The van der Waals surface area contributed by atoms with Crippen molar-refractivity contribution in [1.29, 1.82) is 0 Å². The lowest BCUT2D eigenvalue weighted by Gasteiger charge is -2.38. The van der Waals surface area contributed by atoms with E-state index in [4.69, 9.17) is 4.74 Å². The Hall–Kier alpha value is -3.02. The van der Waals surface area contributed by atoms with Crippen LogP contribution in [0.2, 0.25) is 0 Å². The number of ether oxygens (including phenoxy) is 1. The van der Waals surface area contributed by atoms with Crippen molar-refractivity contribution in [2.45, 2.75) is 38.3 Å². The highest BCUT2D eigenvalue weighted by atomic mass is 16.5. The van der Waals surface area contributed by atoms with Crippen LogP contribution >= 0.6 is 0 Å². The Morgan fingerprint density at radius 3 is 2.79 bits per heavy atom. The molecule has 2 N–H and O–H groups in total. The third kappa shape index (κ3) is 4.06. The van der Waals surface area contributed by atoms with Crippen molar-refractivity contribution in [2.75, 3.05) is 25.0 Å². The minimum atomic E-state index is -0.253. The van der Waals surface area contributed by atoms with Crippen molar-refractivity contribution in [3.8, 4) is 5.75 Å². The molecule has 0 aliphatic carbocycles. The van der Waals surface area contributed by atoms with Gasteiger partial charge >= 0.3 is 0 Å². The van der Waals surface area contributed by atoms with E-state index in [1.807, 2.05) is 47.4 Å². The summed E-state index contributed by atoms with van der Waals surface area (Å²) in [7, 11) is 1.77. The molecule has 4 rings (SSSR count). The van der Waals surface area contributed by atoms with Gasteiger partial charge in [0, 0.05) is 37.8 Å². The number of guanidine groups is 1. The highest BCUT2D eigenvalue weighted by Crippen LogP contribution is 2.39. The van der Waals surface area contributed by atoms with Gasteiger partial charge in [-0.1, -0.05) is 36.4 Å². The van der Waals surface area contributed by atoms with Gasteiger partial charge in [-0.05, 0) is 31.5 Å². The van der Waals surface area contributed by atoms with Gasteiger partial charge in [0.15, 0.2) is 5.96 Å². The van der Waals surface area contributed by atoms with E-state index in [0.29, 0.717) is 19.5 Å². The molecule has 2 aliphatic rings. The van der Waals surface area contributed by atoms with Crippen LogP contribution in [0.5, 0.6) is 5.75 Å². The number of anilines is 1. The first-order valence-electron chi connectivity index (χ1n) is 10.1. The summed E-state index contributed by atoms with van der Waals surface area (Å²) in [6.07, 6.45) is 1.32. The van der Waals surface area contributed by atoms with Crippen LogP contribution in [0.4, 0.5) is 5.69 Å². The zero-order valence-corrected chi connectivity index (χ0v) is 17.2. The van der Waals surface area contributed by atoms with E-state index >= 15 is 0 Å². The molecule has 6 heteroatoms. The lowest BCUT2D eigenvalue weighted by Crippen LogP contribution is -2.47. The Labute approximate surface area is 172 Å². The first kappa shape index (κ1) is 19.3. The predicted octanol–water partition coefficient (Wildman–Crippen LogP) is 3.04. The number of hydrogen-bond acceptors (Lipinski definition) is 3. The van der Waals surface area contributed by atoms with E-state index in [1.54, 1.807) is 7.05 Å². The second kappa shape index (κ2) is 7.78. The summed E-state index contributed by atoms with van der Waals surface area (Å²) in [5.74, 6) is 1.79. The van der Waals surface area contributed by atoms with Gasteiger partial charge in [0.05, 0.1) is 12.5 Å². The Kier molecular flexibility index (Phi) is 5.18. The number of para-hydroxylation sites is 2. The van der Waals surface area contributed by atoms with Crippen LogP contribution in [-0.2, 0) is 11.2 Å². The SMILES string of the molecule is CN=C(NCCN1C(=O)Cc2ccccc21)NC1CC(C)(C)Oc2ccccc21. The lowest BCUT2D eigenvalue weighted by molar-refractivity contribution is -0.117. The summed E-state index contributed by atoms with van der Waals surface area (Å²) in [4.78, 5) is 18.6. The quantitative estimate of drug-likeness (QED) is 0.620. The molecule has 1 amide bonds. The second-order valence-corrected chi connectivity index (χ2v) is 8.15. The average Bonchev–Trinajstić information content (AvgIpc) is 3.01. The molecule has 1 unspecified atom stereocenters. The Morgan fingerprint density at radius 2 is 1.97 bits per heavy atom. The molecule has 0 aromatic heterocycles. The molecule has 0 radical (unpaired) electrons. The van der Waals surface area contributed by atoms with Crippen LogP contribution in [0, 0.1) is 0 Å². The van der Waals surface area contributed by atoms with Gasteiger partial charge in [0.1, 0.15) is 11.4 Å². The fraction of sp³-hybridized carbons (Fsp3) is 0.391. The van der Waals surface area contributed by atoms with Gasteiger partial charge in [0.2, 0.25) is 5.91 Å². The highest BCUT2D eigenvalue weighted by molar-refractivity contribution is 6.01. The van der Waals surface area contributed by atoms with Crippen LogP contribution in [-0.4, -0.2) is 37.6 Å². The summed E-state index contributed by atoms with van der Waals surface area (Å²) in [6.45, 7) is 5.43. The van der Waals surface area contributed by atoms with Crippen LogP contribution in [0.3, 0.4) is 0 Å². The molecule has 29 heavy (non-hydrogen) atoms. The fourth-order valence-corrected chi connectivity index (χ4v) is 4.14. The minimum Gasteiger partial charge on any atom is -0.487 e. The Balaban J connectivity index is 1.39. The molecule has 0 fully saturated rings. The molecule has 2 aromatic rings. The maximum absolute atomic E-state index is 12.3. The van der Waals surface area contributed by atoms with Crippen LogP contribution < -0.4 is 20.3 Å². The number of nitrogens with zero attached hydrogens (tertiary/aromatic N) is 2. The molecule has 2 aromatic carbocycles. The largest absolute Gasteiger partial charge is 0.487 e. The zero-order chi connectivity index (χ0) is 20.4. The predicted molar refractivity (Wildman–Crippen MR) is 116 cm³/mol. The molecule has 0 spiro atoms. The summed E-state index contributed by atoms with van der Waals surface area (Å²) >= 11 is 0.